The Morgan fingerprint density at radius 1 is 1.23 bits per heavy atom. The van der Waals surface area contributed by atoms with Crippen LogP contribution in [0.15, 0.2) is 24.3 Å². The Morgan fingerprint density at radius 2 is 1.86 bits per heavy atom. The third-order valence-corrected chi connectivity index (χ3v) is 3.49. The van der Waals surface area contributed by atoms with Crippen molar-refractivity contribution < 1.29 is 14.3 Å². The van der Waals surface area contributed by atoms with Gasteiger partial charge in [0.05, 0.1) is 19.1 Å². The number of ketones is 1. The van der Waals surface area contributed by atoms with E-state index in [1.807, 2.05) is 0 Å². The van der Waals surface area contributed by atoms with Crippen LogP contribution in [0.5, 0.6) is 0 Å². The van der Waals surface area contributed by atoms with Crippen molar-refractivity contribution in [2.75, 3.05) is 13.2 Å². The minimum Gasteiger partial charge on any atom is -0.466 e. The third kappa shape index (κ3) is 6.58. The van der Waals surface area contributed by atoms with Gasteiger partial charge in [0.25, 0.3) is 0 Å². The fourth-order valence-electron chi connectivity index (χ4n) is 2.01. The summed E-state index contributed by atoms with van der Waals surface area (Å²) in [5, 5.41) is 3.75. The van der Waals surface area contributed by atoms with Crippen molar-refractivity contribution in [2.45, 2.75) is 39.7 Å². The van der Waals surface area contributed by atoms with Crippen molar-refractivity contribution in [3.63, 3.8) is 0 Å². The molecule has 0 aliphatic rings. The molecule has 1 N–H and O–H groups in total. The maximum Gasteiger partial charge on any atom is 0.307 e. The molecule has 0 fully saturated rings. The fourth-order valence-corrected chi connectivity index (χ4v) is 2.13. The van der Waals surface area contributed by atoms with Gasteiger partial charge in [0, 0.05) is 10.6 Å². The summed E-state index contributed by atoms with van der Waals surface area (Å²) in [5.41, 5.74) is 0.538. The Balaban J connectivity index is 2.75. The van der Waals surface area contributed by atoms with E-state index in [-0.39, 0.29) is 18.2 Å². The van der Waals surface area contributed by atoms with Gasteiger partial charge >= 0.3 is 5.97 Å². The van der Waals surface area contributed by atoms with E-state index in [9.17, 15) is 9.59 Å². The lowest BCUT2D eigenvalue weighted by Gasteiger charge is -2.18. The summed E-state index contributed by atoms with van der Waals surface area (Å²) in [6, 6.07) is 6.12. The van der Waals surface area contributed by atoms with Gasteiger partial charge in [-0.3, -0.25) is 9.59 Å². The van der Waals surface area contributed by atoms with Crippen LogP contribution in [0.3, 0.4) is 0 Å². The summed E-state index contributed by atoms with van der Waals surface area (Å²) in [4.78, 5) is 24.3. The first-order valence-electron chi connectivity index (χ1n) is 7.62. The van der Waals surface area contributed by atoms with Crippen LogP contribution in [0.25, 0.3) is 0 Å². The van der Waals surface area contributed by atoms with Crippen LogP contribution in [-0.2, 0) is 9.53 Å². The first kappa shape index (κ1) is 18.7. The van der Waals surface area contributed by atoms with E-state index >= 15 is 0 Å². The Bertz CT molecular complexity index is 485. The van der Waals surface area contributed by atoms with Gasteiger partial charge in [-0.15, -0.1) is 0 Å². The lowest BCUT2D eigenvalue weighted by atomic mass is 10.0. The summed E-state index contributed by atoms with van der Waals surface area (Å²) in [6.45, 7) is 6.97. The van der Waals surface area contributed by atoms with Crippen LogP contribution in [0.4, 0.5) is 0 Å². The van der Waals surface area contributed by atoms with Gasteiger partial charge in [-0.2, -0.15) is 0 Å². The van der Waals surface area contributed by atoms with Crippen LogP contribution in [0.1, 0.15) is 44.0 Å². The minimum absolute atomic E-state index is 0.0351. The van der Waals surface area contributed by atoms with Crippen molar-refractivity contribution in [1.82, 2.24) is 5.32 Å². The Hall–Kier alpha value is -1.39. The predicted octanol–water partition coefficient (Wildman–Crippen LogP) is 3.48. The van der Waals surface area contributed by atoms with E-state index in [2.05, 4.69) is 19.2 Å². The standard InChI is InChI=1S/C17H24ClNO3/c1-4-22-16(20)11-15(19-10-9-12(2)3)17(21)13-5-7-14(18)8-6-13/h5-8,12,15,19H,4,9-11H2,1-3H3. The second-order valence-electron chi connectivity index (χ2n) is 5.57. The lowest BCUT2D eigenvalue weighted by molar-refractivity contribution is -0.143. The van der Waals surface area contributed by atoms with E-state index in [0.29, 0.717) is 29.7 Å². The molecule has 122 valence electrons. The summed E-state index contributed by atoms with van der Waals surface area (Å²) < 4.78 is 4.95. The molecule has 0 amide bonds. The van der Waals surface area contributed by atoms with E-state index < -0.39 is 6.04 Å². The molecule has 0 bridgehead atoms. The average molecular weight is 326 g/mol. The van der Waals surface area contributed by atoms with E-state index in [1.165, 1.54) is 0 Å². The lowest BCUT2D eigenvalue weighted by Crippen LogP contribution is -2.40. The summed E-state index contributed by atoms with van der Waals surface area (Å²) >= 11 is 5.84. The highest BCUT2D eigenvalue weighted by Gasteiger charge is 2.23. The quantitative estimate of drug-likeness (QED) is 0.558. The molecular weight excluding hydrogens is 302 g/mol. The summed E-state index contributed by atoms with van der Waals surface area (Å²) in [6.07, 6.45) is 0.973. The van der Waals surface area contributed by atoms with Gasteiger partial charge in [-0.25, -0.2) is 0 Å². The zero-order chi connectivity index (χ0) is 16.5. The van der Waals surface area contributed by atoms with Gasteiger partial charge in [-0.05, 0) is 50.1 Å². The molecule has 0 aromatic heterocycles. The highest BCUT2D eigenvalue weighted by atomic mass is 35.5. The zero-order valence-electron chi connectivity index (χ0n) is 13.4. The van der Waals surface area contributed by atoms with Crippen LogP contribution in [0, 0.1) is 5.92 Å². The molecule has 0 saturated heterocycles. The molecule has 0 heterocycles. The second-order valence-corrected chi connectivity index (χ2v) is 6.01. The minimum atomic E-state index is -0.570. The first-order valence-corrected chi connectivity index (χ1v) is 8.00. The number of esters is 1. The maximum absolute atomic E-state index is 12.6. The monoisotopic (exact) mass is 325 g/mol. The van der Waals surface area contributed by atoms with Crippen LogP contribution in [-0.4, -0.2) is 30.9 Å². The SMILES string of the molecule is CCOC(=O)CC(NCCC(C)C)C(=O)c1ccc(Cl)cc1. The highest BCUT2D eigenvalue weighted by Crippen LogP contribution is 2.13. The molecule has 1 atom stereocenters. The molecule has 4 nitrogen and oxygen atoms in total. The number of nitrogens with one attached hydrogen (secondary N) is 1. The van der Waals surface area contributed by atoms with Crippen molar-refractivity contribution >= 4 is 23.4 Å². The molecule has 0 aliphatic carbocycles. The van der Waals surface area contributed by atoms with Crippen molar-refractivity contribution in [1.29, 1.82) is 0 Å². The summed E-state index contributed by atoms with van der Waals surface area (Å²) in [7, 11) is 0. The zero-order valence-corrected chi connectivity index (χ0v) is 14.2. The number of Topliss-reactive ketones (excluding diaryl/α,β-unsaturated/α-hetero) is 1. The normalized spacial score (nSPS) is 12.2. The molecule has 0 radical (unpaired) electrons. The molecule has 22 heavy (non-hydrogen) atoms. The van der Waals surface area contributed by atoms with Crippen molar-refractivity contribution in [3.05, 3.63) is 34.9 Å². The number of halogens is 1. The van der Waals surface area contributed by atoms with Crippen LogP contribution < -0.4 is 5.32 Å². The first-order chi connectivity index (χ1) is 10.4. The van der Waals surface area contributed by atoms with Crippen molar-refractivity contribution in [3.8, 4) is 0 Å². The third-order valence-electron chi connectivity index (χ3n) is 3.23. The highest BCUT2D eigenvalue weighted by molar-refractivity contribution is 6.30. The Morgan fingerprint density at radius 3 is 2.41 bits per heavy atom. The molecule has 0 spiro atoms. The topological polar surface area (TPSA) is 55.4 Å². The molecule has 1 unspecified atom stereocenters. The number of hydrogen-bond acceptors (Lipinski definition) is 4. The largest absolute Gasteiger partial charge is 0.466 e. The number of ether oxygens (including phenoxy) is 1. The summed E-state index contributed by atoms with van der Waals surface area (Å²) in [5.74, 6) is 0.0433. The number of carbonyl (C=O) groups excluding carboxylic acids is 2. The number of hydrogen-bond donors (Lipinski definition) is 1. The van der Waals surface area contributed by atoms with E-state index in [4.69, 9.17) is 16.3 Å². The Kier molecular flexibility index (Phi) is 8.13. The number of benzene rings is 1. The predicted molar refractivity (Wildman–Crippen MR) is 88.3 cm³/mol. The smallest absolute Gasteiger partial charge is 0.307 e. The van der Waals surface area contributed by atoms with Crippen LogP contribution >= 0.6 is 11.6 Å². The maximum atomic E-state index is 12.6. The number of rotatable bonds is 9. The fraction of sp³-hybridized carbons (Fsp3) is 0.529. The van der Waals surface area contributed by atoms with Gasteiger partial charge in [0.2, 0.25) is 0 Å². The number of carbonyl (C=O) groups is 2. The molecule has 0 saturated carbocycles. The van der Waals surface area contributed by atoms with Gasteiger partial charge in [-0.1, -0.05) is 25.4 Å². The van der Waals surface area contributed by atoms with Gasteiger partial charge in [0.15, 0.2) is 5.78 Å². The molecule has 0 aliphatic heterocycles. The van der Waals surface area contributed by atoms with Gasteiger partial charge in [0.1, 0.15) is 0 Å². The molecule has 1 aromatic carbocycles. The Labute approximate surface area is 137 Å². The molecular formula is C17H24ClNO3. The molecule has 1 aromatic rings. The second kappa shape index (κ2) is 9.59. The van der Waals surface area contributed by atoms with Gasteiger partial charge < -0.3 is 10.1 Å². The average Bonchev–Trinajstić information content (AvgIpc) is 2.46. The van der Waals surface area contributed by atoms with E-state index in [1.54, 1.807) is 31.2 Å². The molecule has 5 heteroatoms. The van der Waals surface area contributed by atoms with Crippen molar-refractivity contribution in [2.24, 2.45) is 5.92 Å². The van der Waals surface area contributed by atoms with Crippen LogP contribution in [0.2, 0.25) is 5.02 Å². The van der Waals surface area contributed by atoms with E-state index in [0.717, 1.165) is 6.42 Å². The molecule has 1 rings (SSSR count).